The van der Waals surface area contributed by atoms with Gasteiger partial charge in [-0.25, -0.2) is 5.43 Å². The molecule has 0 aromatic heterocycles. The lowest BCUT2D eigenvalue weighted by molar-refractivity contribution is -0.117. The Bertz CT molecular complexity index is 1310. The smallest absolute Gasteiger partial charge is 0.287 e. The van der Waals surface area contributed by atoms with Gasteiger partial charge in [0.05, 0.1) is 6.21 Å². The molecule has 0 bridgehead atoms. The quantitative estimate of drug-likeness (QED) is 0.257. The number of hydrogen-bond acceptors (Lipinski definition) is 6. The number of benzene rings is 3. The molecule has 9 heteroatoms. The van der Waals surface area contributed by atoms with E-state index in [0.29, 0.717) is 33.8 Å². The third-order valence-corrected chi connectivity index (χ3v) is 5.36. The number of hydrazone groups is 1. The predicted octanol–water partition coefficient (Wildman–Crippen LogP) is 4.11. The lowest BCUT2D eigenvalue weighted by Gasteiger charge is -2.10. The number of ether oxygens (including phenoxy) is 2. The number of nitrogens with one attached hydrogen (secondary N) is 2. The van der Waals surface area contributed by atoms with Gasteiger partial charge < -0.3 is 19.9 Å². The van der Waals surface area contributed by atoms with Gasteiger partial charge in [0.15, 0.2) is 11.5 Å². The average molecular weight is 522 g/mol. The summed E-state index contributed by atoms with van der Waals surface area (Å²) in [6.07, 6.45) is 2.83. The van der Waals surface area contributed by atoms with Crippen molar-refractivity contribution < 1.29 is 24.2 Å². The van der Waals surface area contributed by atoms with Crippen LogP contribution in [-0.2, 0) is 4.79 Å². The van der Waals surface area contributed by atoms with Crippen LogP contribution in [0.5, 0.6) is 17.2 Å². The van der Waals surface area contributed by atoms with Gasteiger partial charge in [-0.3, -0.25) is 9.59 Å². The van der Waals surface area contributed by atoms with E-state index in [1.54, 1.807) is 67.6 Å². The molecule has 172 valence electrons. The second-order valence-electron chi connectivity index (χ2n) is 7.35. The number of aromatic hydroxyl groups is 1. The Labute approximate surface area is 204 Å². The van der Waals surface area contributed by atoms with Crippen LogP contribution in [0.1, 0.15) is 27.0 Å². The molecule has 0 radical (unpaired) electrons. The Hall–Kier alpha value is -4.11. The van der Waals surface area contributed by atoms with Crippen molar-refractivity contribution in [2.45, 2.75) is 6.92 Å². The molecular weight excluding hydrogens is 502 g/mol. The van der Waals surface area contributed by atoms with Crippen molar-refractivity contribution in [2.24, 2.45) is 5.10 Å². The van der Waals surface area contributed by atoms with Crippen LogP contribution in [0.15, 0.2) is 75.9 Å². The van der Waals surface area contributed by atoms with Crippen molar-refractivity contribution >= 4 is 40.0 Å². The van der Waals surface area contributed by atoms with E-state index >= 15 is 0 Å². The van der Waals surface area contributed by atoms with Gasteiger partial charge in [0.25, 0.3) is 11.8 Å². The van der Waals surface area contributed by atoms with Gasteiger partial charge in [0.2, 0.25) is 6.79 Å². The van der Waals surface area contributed by atoms with E-state index in [4.69, 9.17) is 9.47 Å². The molecule has 0 saturated heterocycles. The van der Waals surface area contributed by atoms with Crippen molar-refractivity contribution in [1.29, 1.82) is 0 Å². The minimum absolute atomic E-state index is 0.0282. The summed E-state index contributed by atoms with van der Waals surface area (Å²) in [5.41, 5.74) is 4.45. The average Bonchev–Trinajstić information content (AvgIpc) is 3.30. The molecular formula is C25H20BrN3O5. The van der Waals surface area contributed by atoms with E-state index in [9.17, 15) is 14.7 Å². The molecule has 0 unspecified atom stereocenters. The molecule has 4 rings (SSSR count). The van der Waals surface area contributed by atoms with Crippen LogP contribution in [0.3, 0.4) is 0 Å². The molecule has 3 aromatic carbocycles. The molecule has 8 nitrogen and oxygen atoms in total. The van der Waals surface area contributed by atoms with E-state index < -0.39 is 11.8 Å². The lowest BCUT2D eigenvalue weighted by atomic mass is 10.1. The maximum absolute atomic E-state index is 12.9. The maximum Gasteiger partial charge on any atom is 0.287 e. The van der Waals surface area contributed by atoms with E-state index in [1.807, 2.05) is 0 Å². The molecule has 2 amide bonds. The first kappa shape index (κ1) is 23.1. The van der Waals surface area contributed by atoms with Crippen molar-refractivity contribution in [3.63, 3.8) is 0 Å². The summed E-state index contributed by atoms with van der Waals surface area (Å²) in [5, 5.41) is 16.8. The second kappa shape index (κ2) is 10.2. The Balaban J connectivity index is 1.58. The summed E-state index contributed by atoms with van der Waals surface area (Å²) in [6.45, 7) is 1.87. The first-order chi connectivity index (χ1) is 16.4. The number of nitrogens with zero attached hydrogens (tertiary/aromatic N) is 1. The van der Waals surface area contributed by atoms with Crippen molar-refractivity contribution in [2.75, 3.05) is 6.79 Å². The highest BCUT2D eigenvalue weighted by molar-refractivity contribution is 9.10. The maximum atomic E-state index is 12.9. The first-order valence-electron chi connectivity index (χ1n) is 10.2. The van der Waals surface area contributed by atoms with Crippen LogP contribution in [0, 0.1) is 6.92 Å². The van der Waals surface area contributed by atoms with E-state index in [2.05, 4.69) is 31.8 Å². The number of carbonyl (C=O) groups excluding carboxylic acids is 2. The fourth-order valence-electron chi connectivity index (χ4n) is 3.19. The number of fused-ring (bicyclic) bond motifs is 1. The van der Waals surface area contributed by atoms with Crippen molar-refractivity contribution in [3.8, 4) is 17.2 Å². The van der Waals surface area contributed by atoms with Gasteiger partial charge >= 0.3 is 0 Å². The molecule has 1 heterocycles. The zero-order valence-electron chi connectivity index (χ0n) is 18.0. The number of hydrogen-bond donors (Lipinski definition) is 3. The van der Waals surface area contributed by atoms with Crippen LogP contribution in [0.4, 0.5) is 0 Å². The topological polar surface area (TPSA) is 109 Å². The minimum Gasteiger partial charge on any atom is -0.507 e. The molecule has 0 fully saturated rings. The zero-order valence-corrected chi connectivity index (χ0v) is 19.6. The summed E-state index contributed by atoms with van der Waals surface area (Å²) in [7, 11) is 0. The molecule has 0 spiro atoms. The van der Waals surface area contributed by atoms with Gasteiger partial charge in [-0.05, 0) is 60.5 Å². The van der Waals surface area contributed by atoms with Crippen LogP contribution in [0.2, 0.25) is 0 Å². The van der Waals surface area contributed by atoms with Crippen LogP contribution in [0.25, 0.3) is 6.08 Å². The highest BCUT2D eigenvalue weighted by Gasteiger charge is 2.17. The molecule has 1 aliphatic heterocycles. The fraction of sp³-hybridized carbons (Fsp3) is 0.0800. The molecule has 0 saturated carbocycles. The number of phenols is 1. The van der Waals surface area contributed by atoms with E-state index in [-0.39, 0.29) is 18.2 Å². The Kier molecular flexibility index (Phi) is 6.93. The Morgan fingerprint density at radius 2 is 1.82 bits per heavy atom. The summed E-state index contributed by atoms with van der Waals surface area (Å²) >= 11 is 3.36. The van der Waals surface area contributed by atoms with E-state index in [1.165, 1.54) is 12.3 Å². The molecule has 0 atom stereocenters. The number of rotatable bonds is 6. The number of amides is 2. The third kappa shape index (κ3) is 5.44. The number of aryl methyl sites for hydroxylation is 1. The summed E-state index contributed by atoms with van der Waals surface area (Å²) in [4.78, 5) is 25.6. The number of halogens is 1. The van der Waals surface area contributed by atoms with Crippen molar-refractivity contribution in [3.05, 3.63) is 93.1 Å². The fourth-order valence-corrected chi connectivity index (χ4v) is 3.78. The van der Waals surface area contributed by atoms with Crippen LogP contribution >= 0.6 is 15.9 Å². The van der Waals surface area contributed by atoms with Crippen LogP contribution < -0.4 is 20.2 Å². The van der Waals surface area contributed by atoms with Gasteiger partial charge in [0.1, 0.15) is 11.4 Å². The monoisotopic (exact) mass is 521 g/mol. The predicted molar refractivity (Wildman–Crippen MR) is 131 cm³/mol. The Morgan fingerprint density at radius 1 is 1.06 bits per heavy atom. The summed E-state index contributed by atoms with van der Waals surface area (Å²) in [6, 6.07) is 17.1. The normalized spacial score (nSPS) is 12.6. The van der Waals surface area contributed by atoms with Gasteiger partial charge in [0, 0.05) is 15.6 Å². The van der Waals surface area contributed by atoms with Crippen LogP contribution in [-0.4, -0.2) is 29.9 Å². The molecule has 34 heavy (non-hydrogen) atoms. The largest absolute Gasteiger partial charge is 0.507 e. The third-order valence-electron chi connectivity index (χ3n) is 4.90. The van der Waals surface area contributed by atoms with Gasteiger partial charge in [-0.2, -0.15) is 5.10 Å². The summed E-state index contributed by atoms with van der Waals surface area (Å²) in [5.74, 6) is 0.0951. The number of phenolic OH excluding ortho intramolecular Hbond substituents is 1. The van der Waals surface area contributed by atoms with Gasteiger partial charge in [-0.1, -0.05) is 40.2 Å². The molecule has 1 aliphatic rings. The molecule has 0 aliphatic carbocycles. The summed E-state index contributed by atoms with van der Waals surface area (Å²) < 4.78 is 11.5. The molecule has 3 N–H and O–H groups in total. The Morgan fingerprint density at radius 3 is 2.62 bits per heavy atom. The van der Waals surface area contributed by atoms with Crippen molar-refractivity contribution in [1.82, 2.24) is 10.7 Å². The minimum atomic E-state index is -0.649. The first-order valence-corrected chi connectivity index (χ1v) is 11.0. The highest BCUT2D eigenvalue weighted by atomic mass is 79.9. The highest BCUT2D eigenvalue weighted by Crippen LogP contribution is 2.33. The number of carbonyl (C=O) groups is 2. The lowest BCUT2D eigenvalue weighted by Crippen LogP contribution is -2.32. The zero-order chi connectivity index (χ0) is 24.1. The molecule has 3 aromatic rings. The SMILES string of the molecule is Cc1cc(Br)cc(/C=N/NC(=O)C(=Cc2ccc3c(c2)OCO3)NC(=O)c2ccccc2)c1O. The standard InChI is InChI=1S/C25H20BrN3O5/c1-15-9-19(26)12-18(23(15)30)13-27-29-25(32)20(28-24(31)17-5-3-2-4-6-17)10-16-7-8-21-22(11-16)34-14-33-21/h2-13,30H,14H2,1H3,(H,28,31)(H,29,32)/b20-10?,27-13+. The second-order valence-corrected chi connectivity index (χ2v) is 8.27. The van der Waals surface area contributed by atoms with E-state index in [0.717, 1.165) is 4.47 Å². The van der Waals surface area contributed by atoms with Gasteiger partial charge in [-0.15, -0.1) is 0 Å².